The fourth-order valence-electron chi connectivity index (χ4n) is 3.80. The number of hydrogen-bond donors (Lipinski definition) is 0. The van der Waals surface area contributed by atoms with Gasteiger partial charge in [0.15, 0.2) is 0 Å². The third-order valence-electron chi connectivity index (χ3n) is 5.54. The molecule has 0 bridgehead atoms. The molecule has 0 aliphatic rings. The Labute approximate surface area is 194 Å². The molecular formula is C28H26ClNO2. The Morgan fingerprint density at radius 3 is 2.19 bits per heavy atom. The number of nitrogens with zero attached hydrogens (tertiary/aromatic N) is 1. The van der Waals surface area contributed by atoms with E-state index in [2.05, 4.69) is 26.8 Å². The molecule has 0 spiro atoms. The van der Waals surface area contributed by atoms with E-state index in [9.17, 15) is 4.79 Å². The van der Waals surface area contributed by atoms with Crippen molar-refractivity contribution in [3.05, 3.63) is 94.0 Å². The van der Waals surface area contributed by atoms with Crippen molar-refractivity contribution in [2.45, 2.75) is 40.0 Å². The van der Waals surface area contributed by atoms with Crippen LogP contribution in [0, 0.1) is 13.8 Å². The molecule has 3 aromatic carbocycles. The second-order valence-corrected chi connectivity index (χ2v) is 9.64. The van der Waals surface area contributed by atoms with E-state index in [4.69, 9.17) is 21.3 Å². The highest BCUT2D eigenvalue weighted by Crippen LogP contribution is 2.30. The lowest BCUT2D eigenvalue weighted by Crippen LogP contribution is -2.12. The van der Waals surface area contributed by atoms with Crippen LogP contribution in [0.5, 0.6) is 5.75 Å². The van der Waals surface area contributed by atoms with E-state index < -0.39 is 5.97 Å². The Morgan fingerprint density at radius 2 is 1.56 bits per heavy atom. The molecule has 0 unspecified atom stereocenters. The number of carbonyl (C=O) groups is 1. The summed E-state index contributed by atoms with van der Waals surface area (Å²) in [6.45, 7) is 10.5. The molecule has 32 heavy (non-hydrogen) atoms. The number of aromatic nitrogens is 1. The van der Waals surface area contributed by atoms with Crippen LogP contribution < -0.4 is 4.74 Å². The van der Waals surface area contributed by atoms with Gasteiger partial charge in [-0.1, -0.05) is 68.3 Å². The van der Waals surface area contributed by atoms with Gasteiger partial charge in [0, 0.05) is 16.0 Å². The third kappa shape index (κ3) is 4.53. The van der Waals surface area contributed by atoms with Crippen LogP contribution in [0.2, 0.25) is 5.02 Å². The second kappa shape index (κ2) is 8.40. The third-order valence-corrected chi connectivity index (χ3v) is 5.79. The molecule has 4 rings (SSSR count). The molecule has 0 atom stereocenters. The summed E-state index contributed by atoms with van der Waals surface area (Å²) in [5, 5.41) is 1.44. The van der Waals surface area contributed by atoms with Crippen molar-refractivity contribution in [2.75, 3.05) is 0 Å². The van der Waals surface area contributed by atoms with Gasteiger partial charge in [-0.05, 0) is 66.8 Å². The van der Waals surface area contributed by atoms with Gasteiger partial charge in [-0.25, -0.2) is 9.78 Å². The molecule has 0 saturated carbocycles. The van der Waals surface area contributed by atoms with Gasteiger partial charge >= 0.3 is 5.97 Å². The second-order valence-electron chi connectivity index (χ2n) is 9.20. The topological polar surface area (TPSA) is 39.2 Å². The van der Waals surface area contributed by atoms with Crippen molar-refractivity contribution in [3.8, 4) is 17.0 Å². The van der Waals surface area contributed by atoms with Crippen LogP contribution in [0.15, 0.2) is 66.7 Å². The normalized spacial score (nSPS) is 11.6. The summed E-state index contributed by atoms with van der Waals surface area (Å²) >= 11 is 6.05. The van der Waals surface area contributed by atoms with E-state index in [1.165, 1.54) is 5.56 Å². The Balaban J connectivity index is 1.79. The summed E-state index contributed by atoms with van der Waals surface area (Å²) < 4.78 is 5.78. The predicted molar refractivity (Wildman–Crippen MR) is 132 cm³/mol. The minimum Gasteiger partial charge on any atom is -0.423 e. The molecule has 0 radical (unpaired) electrons. The standard InChI is InChI=1S/C28H26ClNO2/c1-17-14-18(2)26-23(15-17)24(16-25(30-26)19-6-10-21(29)11-7-19)27(31)32-22-12-8-20(9-13-22)28(3,4)5/h6-16H,1-5H3. The summed E-state index contributed by atoms with van der Waals surface area (Å²) in [6.07, 6.45) is 0. The molecule has 1 heterocycles. The molecule has 0 N–H and O–H groups in total. The zero-order chi connectivity index (χ0) is 23.0. The number of rotatable bonds is 3. The summed E-state index contributed by atoms with van der Waals surface area (Å²) in [5.41, 5.74) is 6.18. The predicted octanol–water partition coefficient (Wildman–Crippen LogP) is 7.69. The van der Waals surface area contributed by atoms with Crippen LogP contribution in [0.25, 0.3) is 22.2 Å². The number of fused-ring (bicyclic) bond motifs is 1. The van der Waals surface area contributed by atoms with E-state index >= 15 is 0 Å². The Bertz CT molecular complexity index is 1300. The molecule has 3 nitrogen and oxygen atoms in total. The number of halogens is 1. The zero-order valence-corrected chi connectivity index (χ0v) is 19.7. The van der Waals surface area contributed by atoms with Crippen molar-refractivity contribution in [3.63, 3.8) is 0 Å². The quantitative estimate of drug-likeness (QED) is 0.240. The first-order valence-electron chi connectivity index (χ1n) is 10.6. The molecule has 0 aliphatic heterocycles. The molecule has 0 fully saturated rings. The van der Waals surface area contributed by atoms with E-state index in [0.29, 0.717) is 22.0 Å². The number of benzene rings is 3. The summed E-state index contributed by atoms with van der Waals surface area (Å²) in [4.78, 5) is 18.2. The first-order chi connectivity index (χ1) is 15.1. The van der Waals surface area contributed by atoms with Crippen LogP contribution >= 0.6 is 11.6 Å². The molecular weight excluding hydrogens is 418 g/mol. The van der Waals surface area contributed by atoms with Gasteiger partial charge in [-0.2, -0.15) is 0 Å². The summed E-state index contributed by atoms with van der Waals surface area (Å²) in [5.74, 6) is 0.117. The lowest BCUT2D eigenvalue weighted by atomic mass is 9.87. The SMILES string of the molecule is Cc1cc(C)c2nc(-c3ccc(Cl)cc3)cc(C(=O)Oc3ccc(C(C)(C)C)cc3)c2c1. The largest absolute Gasteiger partial charge is 0.423 e. The van der Waals surface area contributed by atoms with Gasteiger partial charge in [0.05, 0.1) is 16.8 Å². The first kappa shape index (κ1) is 22.0. The van der Waals surface area contributed by atoms with Crippen molar-refractivity contribution in [2.24, 2.45) is 0 Å². The average Bonchev–Trinajstić information content (AvgIpc) is 2.73. The van der Waals surface area contributed by atoms with Gasteiger partial charge in [0.1, 0.15) is 5.75 Å². The number of ether oxygens (including phenoxy) is 1. The van der Waals surface area contributed by atoms with Crippen LogP contribution in [-0.2, 0) is 5.41 Å². The van der Waals surface area contributed by atoms with Crippen LogP contribution in [0.3, 0.4) is 0 Å². The van der Waals surface area contributed by atoms with Crippen molar-refractivity contribution < 1.29 is 9.53 Å². The molecule has 162 valence electrons. The zero-order valence-electron chi connectivity index (χ0n) is 19.0. The highest BCUT2D eigenvalue weighted by molar-refractivity contribution is 6.30. The smallest absolute Gasteiger partial charge is 0.344 e. The maximum absolute atomic E-state index is 13.3. The number of carbonyl (C=O) groups excluding carboxylic acids is 1. The van der Waals surface area contributed by atoms with E-state index in [0.717, 1.165) is 27.6 Å². The highest BCUT2D eigenvalue weighted by Gasteiger charge is 2.19. The molecule has 0 amide bonds. The minimum atomic E-state index is -0.402. The number of hydrogen-bond acceptors (Lipinski definition) is 3. The maximum atomic E-state index is 13.3. The van der Waals surface area contributed by atoms with Gasteiger partial charge < -0.3 is 4.74 Å². The fraction of sp³-hybridized carbons (Fsp3) is 0.214. The Hall–Kier alpha value is -3.17. The van der Waals surface area contributed by atoms with Crippen molar-refractivity contribution >= 4 is 28.5 Å². The van der Waals surface area contributed by atoms with E-state index in [1.807, 2.05) is 68.4 Å². The number of aryl methyl sites for hydroxylation is 2. The fourth-order valence-corrected chi connectivity index (χ4v) is 3.93. The van der Waals surface area contributed by atoms with Crippen LogP contribution in [0.4, 0.5) is 0 Å². The van der Waals surface area contributed by atoms with Gasteiger partial charge in [-0.3, -0.25) is 0 Å². The maximum Gasteiger partial charge on any atom is 0.344 e. The van der Waals surface area contributed by atoms with Gasteiger partial charge in [0.25, 0.3) is 0 Å². The average molecular weight is 444 g/mol. The molecule has 0 saturated heterocycles. The lowest BCUT2D eigenvalue weighted by Gasteiger charge is -2.19. The van der Waals surface area contributed by atoms with Crippen LogP contribution in [0.1, 0.15) is 47.8 Å². The van der Waals surface area contributed by atoms with Gasteiger partial charge in [0.2, 0.25) is 0 Å². The van der Waals surface area contributed by atoms with E-state index in [-0.39, 0.29) is 5.41 Å². The summed E-state index contributed by atoms with van der Waals surface area (Å²) in [6, 6.07) is 21.0. The van der Waals surface area contributed by atoms with Crippen molar-refractivity contribution in [1.29, 1.82) is 0 Å². The monoisotopic (exact) mass is 443 g/mol. The Kier molecular flexibility index (Phi) is 5.79. The van der Waals surface area contributed by atoms with Crippen LogP contribution in [-0.4, -0.2) is 11.0 Å². The van der Waals surface area contributed by atoms with Crippen molar-refractivity contribution in [1.82, 2.24) is 4.98 Å². The number of esters is 1. The highest BCUT2D eigenvalue weighted by atomic mass is 35.5. The Morgan fingerprint density at radius 1 is 0.906 bits per heavy atom. The first-order valence-corrected chi connectivity index (χ1v) is 11.0. The van der Waals surface area contributed by atoms with E-state index in [1.54, 1.807) is 6.07 Å². The summed E-state index contributed by atoms with van der Waals surface area (Å²) in [7, 11) is 0. The molecule has 1 aromatic heterocycles. The molecule has 4 heteroatoms. The lowest BCUT2D eigenvalue weighted by molar-refractivity contribution is 0.0737. The minimum absolute atomic E-state index is 0.0341. The van der Waals surface area contributed by atoms with Gasteiger partial charge in [-0.15, -0.1) is 0 Å². The molecule has 0 aliphatic carbocycles. The molecule has 4 aromatic rings. The number of pyridine rings is 1.